The molecule has 0 spiro atoms. The molecule has 0 amide bonds. The van der Waals surface area contributed by atoms with Crippen molar-refractivity contribution in [1.82, 2.24) is 0 Å². The van der Waals surface area contributed by atoms with Gasteiger partial charge in [0.15, 0.2) is 6.29 Å². The summed E-state index contributed by atoms with van der Waals surface area (Å²) in [6, 6.07) is 0. The van der Waals surface area contributed by atoms with Gasteiger partial charge in [-0.2, -0.15) is 0 Å². The molecule has 5 nitrogen and oxygen atoms in total. The summed E-state index contributed by atoms with van der Waals surface area (Å²) in [5.41, 5.74) is 0. The van der Waals surface area contributed by atoms with Crippen molar-refractivity contribution in [2.75, 3.05) is 6.61 Å². The first kappa shape index (κ1) is 13.9. The van der Waals surface area contributed by atoms with Gasteiger partial charge in [0.05, 0.1) is 12.7 Å². The predicted octanol–water partition coefficient (Wildman–Crippen LogP) is -1.95. The Balaban J connectivity index is 0.00000144. The topological polar surface area (TPSA) is 90.2 Å². The van der Waals surface area contributed by atoms with Crippen LogP contribution in [0.15, 0.2) is 0 Å². The van der Waals surface area contributed by atoms with Gasteiger partial charge in [0.25, 0.3) is 0 Å². The van der Waals surface area contributed by atoms with Crippen molar-refractivity contribution in [1.29, 1.82) is 0 Å². The van der Waals surface area contributed by atoms with Crippen LogP contribution in [0.1, 0.15) is 6.92 Å². The Kier molecular flexibility index (Phi) is 6.10. The Bertz CT molecular complexity index is 151. The van der Waals surface area contributed by atoms with E-state index in [2.05, 4.69) is 0 Å². The Hall–Kier alpha value is 0.904. The van der Waals surface area contributed by atoms with E-state index in [0.29, 0.717) is 0 Å². The third-order valence-corrected chi connectivity index (χ3v) is 2.21. The van der Waals surface area contributed by atoms with Crippen LogP contribution in [0.25, 0.3) is 0 Å². The van der Waals surface area contributed by atoms with Gasteiger partial charge in [-0.3, -0.25) is 0 Å². The van der Waals surface area contributed by atoms with E-state index in [0.717, 1.165) is 0 Å². The van der Waals surface area contributed by atoms with Crippen LogP contribution in [0.5, 0.6) is 0 Å². The molecule has 75 valence electrons. The predicted molar refractivity (Wildman–Crippen MR) is 39.1 cm³/mol. The van der Waals surface area contributed by atoms with Gasteiger partial charge in [-0.25, -0.2) is 0 Å². The van der Waals surface area contributed by atoms with Crippen LogP contribution in [0, 0.1) is 5.92 Å². The molecule has 13 heavy (non-hydrogen) atoms. The fourth-order valence-electron chi connectivity index (χ4n) is 1.23. The van der Waals surface area contributed by atoms with Gasteiger partial charge in [-0.05, 0) is 0 Å². The van der Waals surface area contributed by atoms with Crippen molar-refractivity contribution in [3.63, 3.8) is 0 Å². The first-order valence-electron chi connectivity index (χ1n) is 3.88. The van der Waals surface area contributed by atoms with Crippen molar-refractivity contribution in [2.24, 2.45) is 5.92 Å². The molecule has 1 unspecified atom stereocenters. The van der Waals surface area contributed by atoms with E-state index in [4.69, 9.17) is 14.9 Å². The van der Waals surface area contributed by atoms with Crippen molar-refractivity contribution in [3.05, 3.63) is 0 Å². The van der Waals surface area contributed by atoms with Crippen molar-refractivity contribution in [2.45, 2.75) is 31.5 Å². The monoisotopic (exact) mass is 267 g/mol. The zero-order chi connectivity index (χ0) is 9.30. The van der Waals surface area contributed by atoms with Crippen LogP contribution in [0.2, 0.25) is 0 Å². The molecule has 0 aromatic heterocycles. The molecule has 1 radical (unpaired) electrons. The van der Waals surface area contributed by atoms with Crippen LogP contribution in [-0.4, -0.2) is 51.6 Å². The number of hydrogen-bond acceptors (Lipinski definition) is 5. The summed E-state index contributed by atoms with van der Waals surface area (Å²) < 4.78 is 4.83. The maximum absolute atomic E-state index is 9.32. The summed E-state index contributed by atoms with van der Waals surface area (Å²) in [6.07, 6.45) is -4.20. The second-order valence-electron chi connectivity index (χ2n) is 3.09. The van der Waals surface area contributed by atoms with Crippen molar-refractivity contribution < 1.29 is 57.9 Å². The van der Waals surface area contributed by atoms with E-state index in [1.165, 1.54) is 0 Å². The zero-order valence-corrected chi connectivity index (χ0v) is 10.2. The summed E-state index contributed by atoms with van der Waals surface area (Å²) in [5.74, 6) is -0.539. The van der Waals surface area contributed by atoms with E-state index < -0.39 is 37.1 Å². The fourth-order valence-corrected chi connectivity index (χ4v) is 1.23. The third-order valence-electron chi connectivity index (χ3n) is 2.21. The maximum Gasteiger partial charge on any atom is 0.160 e. The minimum atomic E-state index is -1.13. The summed E-state index contributed by atoms with van der Waals surface area (Å²) in [6.45, 7) is 1.15. The van der Waals surface area contributed by atoms with E-state index in [9.17, 15) is 10.2 Å². The minimum absolute atomic E-state index is 0. The van der Waals surface area contributed by atoms with Crippen LogP contribution in [0.4, 0.5) is 0 Å². The quantitative estimate of drug-likeness (QED) is 0.443. The second-order valence-corrected chi connectivity index (χ2v) is 3.09. The fraction of sp³-hybridized carbons (Fsp3) is 1.00. The van der Waals surface area contributed by atoms with Crippen molar-refractivity contribution in [3.8, 4) is 0 Å². The van der Waals surface area contributed by atoms with Crippen LogP contribution < -0.4 is 0 Å². The van der Waals surface area contributed by atoms with E-state index >= 15 is 0 Å². The van der Waals surface area contributed by atoms with Crippen molar-refractivity contribution >= 4 is 0 Å². The molecule has 1 saturated heterocycles. The Labute approximate surface area is 102 Å². The summed E-state index contributed by atoms with van der Waals surface area (Å²) >= 11 is 0. The molecule has 1 aliphatic rings. The zero-order valence-electron chi connectivity index (χ0n) is 7.37. The van der Waals surface area contributed by atoms with Gasteiger partial charge in [0, 0.05) is 38.6 Å². The molecule has 0 aromatic rings. The first-order valence-corrected chi connectivity index (χ1v) is 3.88. The van der Waals surface area contributed by atoms with Gasteiger partial charge >= 0.3 is 0 Å². The molecular weight excluding hydrogens is 253 g/mol. The number of hydrogen-bond donors (Lipinski definition) is 4. The first-order chi connectivity index (χ1) is 5.57. The van der Waals surface area contributed by atoms with Gasteiger partial charge < -0.3 is 25.2 Å². The Morgan fingerprint density at radius 1 is 1.15 bits per heavy atom. The number of rotatable bonds is 1. The van der Waals surface area contributed by atoms with Crippen LogP contribution >= 0.6 is 0 Å². The van der Waals surface area contributed by atoms with Gasteiger partial charge in [0.2, 0.25) is 0 Å². The summed E-state index contributed by atoms with van der Waals surface area (Å²) in [5, 5.41) is 36.4. The molecule has 0 bridgehead atoms. The normalized spacial score (nSPS) is 45.5. The van der Waals surface area contributed by atoms with E-state index in [-0.39, 0.29) is 32.7 Å². The third kappa shape index (κ3) is 2.92. The molecule has 0 aliphatic carbocycles. The minimum Gasteiger partial charge on any atom is -0.394 e. The Morgan fingerprint density at radius 2 is 1.69 bits per heavy atom. The number of aliphatic hydroxyl groups is 4. The standard InChI is InChI=1S/C7H14O5.Y/c1-3-5(9)6(10)4(2-8)12-7(3)11;/h3-11H,2H2,1H3;/t3-,4-,5-,6-,7?;/m1./s1. The molecular formula is C7H14O5Y. The van der Waals surface area contributed by atoms with Crippen LogP contribution in [-0.2, 0) is 37.4 Å². The van der Waals surface area contributed by atoms with Gasteiger partial charge in [-0.15, -0.1) is 0 Å². The smallest absolute Gasteiger partial charge is 0.160 e. The molecule has 1 fully saturated rings. The number of aliphatic hydroxyl groups excluding tert-OH is 4. The van der Waals surface area contributed by atoms with E-state index in [1.54, 1.807) is 6.92 Å². The van der Waals surface area contributed by atoms with Crippen LogP contribution in [0.3, 0.4) is 0 Å². The van der Waals surface area contributed by atoms with Gasteiger partial charge in [-0.1, -0.05) is 6.92 Å². The average molecular weight is 267 g/mol. The molecule has 0 aromatic carbocycles. The number of ether oxygens (including phenoxy) is 1. The summed E-state index contributed by atoms with van der Waals surface area (Å²) in [4.78, 5) is 0. The molecule has 5 atom stereocenters. The summed E-state index contributed by atoms with van der Waals surface area (Å²) in [7, 11) is 0. The molecule has 6 heteroatoms. The molecule has 1 rings (SSSR count). The largest absolute Gasteiger partial charge is 0.394 e. The van der Waals surface area contributed by atoms with E-state index in [1.807, 2.05) is 0 Å². The second kappa shape index (κ2) is 5.70. The van der Waals surface area contributed by atoms with Gasteiger partial charge in [0.1, 0.15) is 12.2 Å². The molecule has 0 saturated carbocycles. The Morgan fingerprint density at radius 3 is 2.15 bits per heavy atom. The maximum atomic E-state index is 9.32. The SMILES string of the molecule is C[C@H]1C(O)O[C@H](CO)[C@@H](O)[C@@H]1O.[Y]. The molecule has 1 aliphatic heterocycles. The molecule has 4 N–H and O–H groups in total. The molecule has 1 heterocycles. The average Bonchev–Trinajstić information content (AvgIpc) is 2.08.